The number of carbonyl (C=O) groups is 2. The Bertz CT molecular complexity index is 303. The third kappa shape index (κ3) is 2.17. The molecule has 16 heavy (non-hydrogen) atoms. The number of hydrogen-bond acceptors (Lipinski definition) is 4. The average Bonchev–Trinajstić information content (AvgIpc) is 2.53. The zero-order valence-electron chi connectivity index (χ0n) is 8.93. The molecule has 0 radical (unpaired) electrons. The Morgan fingerprint density at radius 1 is 1.38 bits per heavy atom. The maximum Gasteiger partial charge on any atom is 0.326 e. The van der Waals surface area contributed by atoms with Crippen molar-refractivity contribution in [3.63, 3.8) is 0 Å². The molecule has 2 atom stereocenters. The van der Waals surface area contributed by atoms with Crippen LogP contribution in [0.3, 0.4) is 0 Å². The average molecular weight is 228 g/mol. The van der Waals surface area contributed by atoms with Crippen molar-refractivity contribution in [1.82, 2.24) is 10.2 Å². The van der Waals surface area contributed by atoms with Gasteiger partial charge in [0.05, 0.1) is 6.10 Å². The summed E-state index contributed by atoms with van der Waals surface area (Å²) in [6, 6.07) is -0.851. The molecule has 1 amide bonds. The number of nitrogens with one attached hydrogen (secondary N) is 1. The number of β-amino-alcohol motifs (C(OH)–C–C–N with tert-alkyl or cyclic N) is 1. The summed E-state index contributed by atoms with van der Waals surface area (Å²) >= 11 is 0. The molecule has 0 aliphatic carbocycles. The van der Waals surface area contributed by atoms with E-state index in [1.165, 1.54) is 4.90 Å². The second kappa shape index (κ2) is 4.39. The lowest BCUT2D eigenvalue weighted by Gasteiger charge is -2.29. The molecule has 2 aliphatic heterocycles. The van der Waals surface area contributed by atoms with Crippen LogP contribution in [0.15, 0.2) is 0 Å². The van der Waals surface area contributed by atoms with Crippen molar-refractivity contribution >= 4 is 11.9 Å². The lowest BCUT2D eigenvalue weighted by molar-refractivity contribution is -0.148. The van der Waals surface area contributed by atoms with Gasteiger partial charge < -0.3 is 20.4 Å². The van der Waals surface area contributed by atoms with Gasteiger partial charge in [-0.05, 0) is 19.0 Å². The molecule has 0 saturated carbocycles. The van der Waals surface area contributed by atoms with Gasteiger partial charge >= 0.3 is 5.97 Å². The summed E-state index contributed by atoms with van der Waals surface area (Å²) in [5.74, 6) is -0.869. The SMILES string of the molecule is O=C(O)[C@@H]1C[C@@H](O)CN1C(=O)CC1CNC1. The van der Waals surface area contributed by atoms with Crippen molar-refractivity contribution < 1.29 is 19.8 Å². The fourth-order valence-electron chi connectivity index (χ4n) is 2.18. The highest BCUT2D eigenvalue weighted by Crippen LogP contribution is 2.21. The summed E-state index contributed by atoms with van der Waals surface area (Å²) in [7, 11) is 0. The van der Waals surface area contributed by atoms with Crippen LogP contribution in [0, 0.1) is 5.92 Å². The number of likely N-dealkylation sites (tertiary alicyclic amines) is 1. The molecule has 2 heterocycles. The second-order valence-corrected chi connectivity index (χ2v) is 4.52. The van der Waals surface area contributed by atoms with E-state index >= 15 is 0 Å². The molecule has 0 bridgehead atoms. The number of amides is 1. The van der Waals surface area contributed by atoms with Gasteiger partial charge in [-0.3, -0.25) is 4.79 Å². The van der Waals surface area contributed by atoms with E-state index in [1.54, 1.807) is 0 Å². The number of aliphatic carboxylic acids is 1. The van der Waals surface area contributed by atoms with Crippen LogP contribution in [0.4, 0.5) is 0 Å². The molecule has 3 N–H and O–H groups in total. The van der Waals surface area contributed by atoms with Crippen molar-refractivity contribution in [1.29, 1.82) is 0 Å². The van der Waals surface area contributed by atoms with E-state index < -0.39 is 18.1 Å². The van der Waals surface area contributed by atoms with Crippen LogP contribution in [-0.2, 0) is 9.59 Å². The zero-order chi connectivity index (χ0) is 11.7. The smallest absolute Gasteiger partial charge is 0.326 e. The molecule has 2 rings (SSSR count). The minimum absolute atomic E-state index is 0.143. The Morgan fingerprint density at radius 3 is 2.56 bits per heavy atom. The number of rotatable bonds is 3. The van der Waals surface area contributed by atoms with Crippen LogP contribution >= 0.6 is 0 Å². The predicted octanol–water partition coefficient (Wildman–Crippen LogP) is -1.36. The predicted molar refractivity (Wildman–Crippen MR) is 54.7 cm³/mol. The van der Waals surface area contributed by atoms with Crippen molar-refractivity contribution in [2.24, 2.45) is 5.92 Å². The summed E-state index contributed by atoms with van der Waals surface area (Å²) in [6.07, 6.45) is -0.183. The largest absolute Gasteiger partial charge is 0.480 e. The van der Waals surface area contributed by atoms with Gasteiger partial charge in [-0.2, -0.15) is 0 Å². The van der Waals surface area contributed by atoms with Gasteiger partial charge in [0.2, 0.25) is 5.91 Å². The lowest BCUT2D eigenvalue weighted by Crippen LogP contribution is -2.47. The summed E-state index contributed by atoms with van der Waals surface area (Å²) in [5, 5.41) is 21.4. The third-order valence-electron chi connectivity index (χ3n) is 3.21. The Balaban J connectivity index is 1.95. The lowest BCUT2D eigenvalue weighted by atomic mass is 9.98. The van der Waals surface area contributed by atoms with Crippen LogP contribution < -0.4 is 5.32 Å². The fourth-order valence-corrected chi connectivity index (χ4v) is 2.18. The monoisotopic (exact) mass is 228 g/mol. The molecule has 0 aromatic carbocycles. The Kier molecular flexibility index (Phi) is 3.11. The van der Waals surface area contributed by atoms with Crippen LogP contribution in [0.2, 0.25) is 0 Å². The minimum Gasteiger partial charge on any atom is -0.480 e. The minimum atomic E-state index is -1.03. The standard InChI is InChI=1S/C10H16N2O4/c13-7-2-8(10(15)16)12(5-7)9(14)1-6-3-11-4-6/h6-8,11,13H,1-5H2,(H,15,16)/t7-,8+/m1/s1. The highest BCUT2D eigenvalue weighted by atomic mass is 16.4. The van der Waals surface area contributed by atoms with Crippen molar-refractivity contribution in [3.05, 3.63) is 0 Å². The summed E-state index contributed by atoms with van der Waals surface area (Å²) in [5.41, 5.74) is 0. The van der Waals surface area contributed by atoms with Gasteiger partial charge in [0, 0.05) is 19.4 Å². The Labute approximate surface area is 93.2 Å². The first kappa shape index (κ1) is 11.3. The maximum absolute atomic E-state index is 11.8. The molecular weight excluding hydrogens is 212 g/mol. The fraction of sp³-hybridized carbons (Fsp3) is 0.800. The van der Waals surface area contributed by atoms with Gasteiger partial charge in [-0.1, -0.05) is 0 Å². The first-order chi connectivity index (χ1) is 7.58. The van der Waals surface area contributed by atoms with E-state index in [4.69, 9.17) is 5.11 Å². The molecule has 0 aromatic rings. The first-order valence-corrected chi connectivity index (χ1v) is 5.49. The second-order valence-electron chi connectivity index (χ2n) is 4.52. The highest BCUT2D eigenvalue weighted by Gasteiger charge is 2.39. The molecular formula is C10H16N2O4. The molecule has 0 unspecified atom stereocenters. The molecule has 2 aliphatic rings. The molecule has 2 fully saturated rings. The summed E-state index contributed by atoms with van der Waals surface area (Å²) < 4.78 is 0. The van der Waals surface area contributed by atoms with E-state index in [1.807, 2.05) is 0 Å². The van der Waals surface area contributed by atoms with E-state index in [0.717, 1.165) is 13.1 Å². The van der Waals surface area contributed by atoms with Crippen molar-refractivity contribution in [2.75, 3.05) is 19.6 Å². The number of nitrogens with zero attached hydrogens (tertiary/aromatic N) is 1. The Hall–Kier alpha value is -1.14. The number of carboxylic acid groups (broad SMARTS) is 1. The molecule has 6 heteroatoms. The van der Waals surface area contributed by atoms with Crippen LogP contribution in [0.5, 0.6) is 0 Å². The number of hydrogen-bond donors (Lipinski definition) is 3. The molecule has 0 aromatic heterocycles. The molecule has 0 spiro atoms. The Morgan fingerprint density at radius 2 is 2.06 bits per heavy atom. The van der Waals surface area contributed by atoms with Crippen molar-refractivity contribution in [2.45, 2.75) is 25.0 Å². The van der Waals surface area contributed by atoms with Crippen LogP contribution in [0.1, 0.15) is 12.8 Å². The number of carboxylic acids is 1. The number of carbonyl (C=O) groups excluding carboxylic acids is 1. The van der Waals surface area contributed by atoms with Gasteiger partial charge in [-0.15, -0.1) is 0 Å². The van der Waals surface area contributed by atoms with Gasteiger partial charge in [0.25, 0.3) is 0 Å². The molecule has 90 valence electrons. The van der Waals surface area contributed by atoms with E-state index in [0.29, 0.717) is 12.3 Å². The number of aliphatic hydroxyl groups is 1. The van der Waals surface area contributed by atoms with Crippen molar-refractivity contribution in [3.8, 4) is 0 Å². The first-order valence-electron chi connectivity index (χ1n) is 5.49. The molecule has 2 saturated heterocycles. The summed E-state index contributed by atoms with van der Waals surface area (Å²) in [4.78, 5) is 24.0. The highest BCUT2D eigenvalue weighted by molar-refractivity contribution is 5.84. The topological polar surface area (TPSA) is 89.9 Å². The third-order valence-corrected chi connectivity index (χ3v) is 3.21. The van der Waals surface area contributed by atoms with E-state index in [2.05, 4.69) is 5.32 Å². The van der Waals surface area contributed by atoms with Crippen LogP contribution in [-0.4, -0.2) is 58.8 Å². The van der Waals surface area contributed by atoms with Crippen LogP contribution in [0.25, 0.3) is 0 Å². The van der Waals surface area contributed by atoms with E-state index in [9.17, 15) is 14.7 Å². The summed E-state index contributed by atoms with van der Waals surface area (Å²) in [6.45, 7) is 1.79. The van der Waals surface area contributed by atoms with Gasteiger partial charge in [0.15, 0.2) is 0 Å². The zero-order valence-corrected chi connectivity index (χ0v) is 8.93. The number of aliphatic hydroxyl groups excluding tert-OH is 1. The normalized spacial score (nSPS) is 30.2. The quantitative estimate of drug-likeness (QED) is 0.555. The van der Waals surface area contributed by atoms with E-state index in [-0.39, 0.29) is 18.9 Å². The van der Waals surface area contributed by atoms with Gasteiger partial charge in [0.1, 0.15) is 6.04 Å². The van der Waals surface area contributed by atoms with Gasteiger partial charge in [-0.25, -0.2) is 4.79 Å². The maximum atomic E-state index is 11.8. The molecule has 6 nitrogen and oxygen atoms in total.